The van der Waals surface area contributed by atoms with Crippen LogP contribution < -0.4 is 10.1 Å². The third kappa shape index (κ3) is 3.23. The van der Waals surface area contributed by atoms with Gasteiger partial charge < -0.3 is 10.1 Å². The Hall–Kier alpha value is -2.03. The largest absolute Gasteiger partial charge is 0.492 e. The first-order valence-electron chi connectivity index (χ1n) is 6.17. The van der Waals surface area contributed by atoms with E-state index in [1.807, 2.05) is 50.4 Å². The summed E-state index contributed by atoms with van der Waals surface area (Å²) >= 11 is 0. The Balaban J connectivity index is 2.03. The number of hydrogen-bond donors (Lipinski definition) is 1. The van der Waals surface area contributed by atoms with Crippen LogP contribution in [-0.2, 0) is 6.54 Å². The lowest BCUT2D eigenvalue weighted by atomic mass is 10.2. The summed E-state index contributed by atoms with van der Waals surface area (Å²) in [5.41, 5.74) is 3.20. The molecule has 0 aliphatic carbocycles. The minimum atomic E-state index is 0.668. The van der Waals surface area contributed by atoms with E-state index >= 15 is 0 Å². The van der Waals surface area contributed by atoms with Crippen molar-refractivity contribution in [3.63, 3.8) is 0 Å². The van der Waals surface area contributed by atoms with E-state index in [1.165, 1.54) is 5.56 Å². The molecule has 1 aromatic heterocycles. The molecule has 0 saturated carbocycles. The normalized spacial score (nSPS) is 10.1. The molecule has 2 aromatic rings. The van der Waals surface area contributed by atoms with Crippen molar-refractivity contribution in [2.45, 2.75) is 20.4 Å². The molecule has 0 spiro atoms. The minimum Gasteiger partial charge on any atom is -0.492 e. The van der Waals surface area contributed by atoms with E-state index in [2.05, 4.69) is 16.4 Å². The number of hydrogen-bond acceptors (Lipinski definition) is 3. The highest BCUT2D eigenvalue weighted by molar-refractivity contribution is 5.56. The molecule has 0 bridgehead atoms. The maximum Gasteiger partial charge on any atom is 0.142 e. The Morgan fingerprint density at radius 1 is 1.17 bits per heavy atom. The topological polar surface area (TPSA) is 34.1 Å². The van der Waals surface area contributed by atoms with Crippen LogP contribution in [0.4, 0.5) is 5.69 Å². The van der Waals surface area contributed by atoms with E-state index in [9.17, 15) is 0 Å². The van der Waals surface area contributed by atoms with Gasteiger partial charge in [0.2, 0.25) is 0 Å². The smallest absolute Gasteiger partial charge is 0.142 e. The third-order valence-electron chi connectivity index (χ3n) is 2.62. The van der Waals surface area contributed by atoms with Crippen LogP contribution in [0, 0.1) is 6.92 Å². The van der Waals surface area contributed by atoms with E-state index in [1.54, 1.807) is 0 Å². The highest BCUT2D eigenvalue weighted by Gasteiger charge is 2.02. The summed E-state index contributed by atoms with van der Waals surface area (Å²) in [6.07, 6.45) is 1.88. The maximum atomic E-state index is 5.56. The number of aromatic nitrogens is 1. The lowest BCUT2D eigenvalue weighted by Gasteiger charge is -2.11. The van der Waals surface area contributed by atoms with Crippen LogP contribution in [0.3, 0.4) is 0 Å². The van der Waals surface area contributed by atoms with Gasteiger partial charge in [0, 0.05) is 6.20 Å². The van der Waals surface area contributed by atoms with Gasteiger partial charge in [-0.25, -0.2) is 0 Å². The molecule has 3 nitrogen and oxygen atoms in total. The van der Waals surface area contributed by atoms with Crippen molar-refractivity contribution >= 4 is 5.69 Å². The fourth-order valence-electron chi connectivity index (χ4n) is 1.68. The second kappa shape index (κ2) is 6.05. The molecule has 0 radical (unpaired) electrons. The number of anilines is 1. The summed E-state index contributed by atoms with van der Waals surface area (Å²) in [6, 6.07) is 12.0. The molecule has 0 saturated heterocycles. The molecule has 0 atom stereocenters. The first kappa shape index (κ1) is 12.4. The summed E-state index contributed by atoms with van der Waals surface area (Å²) in [4.78, 5) is 4.37. The highest BCUT2D eigenvalue weighted by Crippen LogP contribution is 2.23. The Morgan fingerprint density at radius 3 is 2.72 bits per heavy atom. The van der Waals surface area contributed by atoms with Crippen LogP contribution in [0.25, 0.3) is 0 Å². The zero-order valence-corrected chi connectivity index (χ0v) is 10.8. The van der Waals surface area contributed by atoms with E-state index in [0.29, 0.717) is 13.2 Å². The van der Waals surface area contributed by atoms with Crippen molar-refractivity contribution in [2.75, 3.05) is 11.9 Å². The lowest BCUT2D eigenvalue weighted by molar-refractivity contribution is 0.341. The number of nitrogens with zero attached hydrogens (tertiary/aromatic N) is 1. The van der Waals surface area contributed by atoms with Gasteiger partial charge in [0.05, 0.1) is 24.5 Å². The fourth-order valence-corrected chi connectivity index (χ4v) is 1.68. The zero-order chi connectivity index (χ0) is 12.8. The first-order valence-corrected chi connectivity index (χ1v) is 6.17. The molecule has 2 rings (SSSR count). The Morgan fingerprint density at radius 2 is 2.00 bits per heavy atom. The van der Waals surface area contributed by atoms with Gasteiger partial charge in [-0.15, -0.1) is 0 Å². The van der Waals surface area contributed by atoms with Gasteiger partial charge in [0.25, 0.3) is 0 Å². The highest BCUT2D eigenvalue weighted by atomic mass is 16.5. The lowest BCUT2D eigenvalue weighted by Crippen LogP contribution is -2.04. The molecule has 1 N–H and O–H groups in total. The van der Waals surface area contributed by atoms with Crippen LogP contribution in [0.5, 0.6) is 5.75 Å². The molecule has 3 heteroatoms. The van der Waals surface area contributed by atoms with Crippen molar-refractivity contribution in [3.8, 4) is 5.75 Å². The van der Waals surface area contributed by atoms with Crippen LogP contribution in [-0.4, -0.2) is 11.6 Å². The second-order valence-corrected chi connectivity index (χ2v) is 4.11. The standard InChI is InChI=1S/C15H18N2O/c1-3-18-15-7-5-4-6-14(15)17-11-13-9-8-12(2)10-16-13/h4-10,17H,3,11H2,1-2H3. The van der Waals surface area contributed by atoms with E-state index in [4.69, 9.17) is 4.74 Å². The van der Waals surface area contributed by atoms with Crippen molar-refractivity contribution in [2.24, 2.45) is 0 Å². The van der Waals surface area contributed by atoms with Gasteiger partial charge in [-0.05, 0) is 37.6 Å². The summed E-state index contributed by atoms with van der Waals surface area (Å²) in [5, 5.41) is 3.35. The number of para-hydroxylation sites is 2. The van der Waals surface area contributed by atoms with Crippen LogP contribution >= 0.6 is 0 Å². The Bertz CT molecular complexity index is 494. The van der Waals surface area contributed by atoms with Gasteiger partial charge >= 0.3 is 0 Å². The monoisotopic (exact) mass is 242 g/mol. The van der Waals surface area contributed by atoms with Gasteiger partial charge in [0.15, 0.2) is 0 Å². The molecular weight excluding hydrogens is 224 g/mol. The zero-order valence-electron chi connectivity index (χ0n) is 10.8. The predicted octanol–water partition coefficient (Wildman–Crippen LogP) is 3.40. The number of pyridine rings is 1. The number of benzene rings is 1. The SMILES string of the molecule is CCOc1ccccc1NCc1ccc(C)cn1. The molecule has 0 fully saturated rings. The molecule has 18 heavy (non-hydrogen) atoms. The number of ether oxygens (including phenoxy) is 1. The summed E-state index contributed by atoms with van der Waals surface area (Å²) < 4.78 is 5.56. The number of rotatable bonds is 5. The van der Waals surface area contributed by atoms with Crippen LogP contribution in [0.15, 0.2) is 42.6 Å². The molecule has 0 aliphatic heterocycles. The molecule has 1 heterocycles. The minimum absolute atomic E-state index is 0.668. The van der Waals surface area contributed by atoms with Gasteiger partial charge in [-0.3, -0.25) is 4.98 Å². The fraction of sp³-hybridized carbons (Fsp3) is 0.267. The van der Waals surface area contributed by atoms with Crippen LogP contribution in [0.1, 0.15) is 18.2 Å². The average Bonchev–Trinajstić information content (AvgIpc) is 2.40. The van der Waals surface area contributed by atoms with E-state index in [-0.39, 0.29) is 0 Å². The maximum absolute atomic E-state index is 5.56. The summed E-state index contributed by atoms with van der Waals surface area (Å²) in [5.74, 6) is 0.882. The molecule has 94 valence electrons. The Kier molecular flexibility index (Phi) is 4.18. The number of nitrogens with one attached hydrogen (secondary N) is 1. The molecule has 0 amide bonds. The molecule has 0 unspecified atom stereocenters. The van der Waals surface area contributed by atoms with Crippen LogP contribution in [0.2, 0.25) is 0 Å². The first-order chi connectivity index (χ1) is 8.79. The summed E-state index contributed by atoms with van der Waals surface area (Å²) in [6.45, 7) is 5.39. The van der Waals surface area contributed by atoms with Crippen molar-refractivity contribution in [1.29, 1.82) is 0 Å². The Labute approximate surface area is 108 Å². The second-order valence-electron chi connectivity index (χ2n) is 4.11. The molecular formula is C15H18N2O. The average molecular weight is 242 g/mol. The van der Waals surface area contributed by atoms with E-state index in [0.717, 1.165) is 17.1 Å². The predicted molar refractivity (Wildman–Crippen MR) is 73.9 cm³/mol. The number of aryl methyl sites for hydroxylation is 1. The van der Waals surface area contributed by atoms with Crippen molar-refractivity contribution < 1.29 is 4.74 Å². The molecule has 1 aromatic carbocycles. The third-order valence-corrected chi connectivity index (χ3v) is 2.62. The molecule has 0 aliphatic rings. The van der Waals surface area contributed by atoms with Gasteiger partial charge in [-0.1, -0.05) is 18.2 Å². The van der Waals surface area contributed by atoms with Gasteiger partial charge in [-0.2, -0.15) is 0 Å². The van der Waals surface area contributed by atoms with Crippen molar-refractivity contribution in [3.05, 3.63) is 53.9 Å². The van der Waals surface area contributed by atoms with E-state index < -0.39 is 0 Å². The van der Waals surface area contributed by atoms with Gasteiger partial charge in [0.1, 0.15) is 5.75 Å². The quantitative estimate of drug-likeness (QED) is 0.872. The summed E-state index contributed by atoms with van der Waals surface area (Å²) in [7, 11) is 0. The van der Waals surface area contributed by atoms with Crippen molar-refractivity contribution in [1.82, 2.24) is 4.98 Å².